The third-order valence-electron chi connectivity index (χ3n) is 4.56. The van der Waals surface area contributed by atoms with Crippen LogP contribution in [0.3, 0.4) is 0 Å². The van der Waals surface area contributed by atoms with Gasteiger partial charge in [0.05, 0.1) is 12.0 Å². The largest absolute Gasteiger partial charge is 0.497 e. The summed E-state index contributed by atoms with van der Waals surface area (Å²) in [6.45, 7) is 2.70. The minimum absolute atomic E-state index is 0.184. The molecule has 1 fully saturated rings. The number of carbonyl (C=O) groups is 1. The molecule has 1 amide bonds. The Morgan fingerprint density at radius 1 is 1.14 bits per heavy atom. The molecule has 1 aliphatic heterocycles. The van der Waals surface area contributed by atoms with E-state index in [1.54, 1.807) is 50.4 Å². The van der Waals surface area contributed by atoms with Crippen molar-refractivity contribution in [2.45, 2.75) is 24.7 Å². The molecular formula is C20H24N2O5S. The fourth-order valence-electron chi connectivity index (χ4n) is 3.06. The Morgan fingerprint density at radius 2 is 1.89 bits per heavy atom. The van der Waals surface area contributed by atoms with Gasteiger partial charge in [0.15, 0.2) is 6.61 Å². The number of amides is 1. The van der Waals surface area contributed by atoms with Crippen molar-refractivity contribution < 1.29 is 22.7 Å². The quantitative estimate of drug-likeness (QED) is 0.767. The standard InChI is InChI=1S/C20H24N2O5S/c1-15-12-18(28(24,25)22-10-3-4-11-22)8-9-19(15)27-14-20(23)21-16-6-5-7-17(13-16)26-2/h5-9,12-13H,3-4,10-11,14H2,1-2H3,(H,21,23). The summed E-state index contributed by atoms with van der Waals surface area (Å²) in [6, 6.07) is 11.7. The van der Waals surface area contributed by atoms with E-state index in [1.165, 1.54) is 10.4 Å². The summed E-state index contributed by atoms with van der Waals surface area (Å²) in [6.07, 6.45) is 1.78. The van der Waals surface area contributed by atoms with Gasteiger partial charge < -0.3 is 14.8 Å². The van der Waals surface area contributed by atoms with Crippen LogP contribution in [0.5, 0.6) is 11.5 Å². The summed E-state index contributed by atoms with van der Waals surface area (Å²) < 4.78 is 37.5. The van der Waals surface area contributed by atoms with Gasteiger partial charge in [0.1, 0.15) is 11.5 Å². The number of ether oxygens (including phenoxy) is 2. The smallest absolute Gasteiger partial charge is 0.262 e. The van der Waals surface area contributed by atoms with Gasteiger partial charge in [-0.3, -0.25) is 4.79 Å². The Morgan fingerprint density at radius 3 is 2.57 bits per heavy atom. The van der Waals surface area contributed by atoms with Crippen LogP contribution in [0.4, 0.5) is 5.69 Å². The second-order valence-electron chi connectivity index (χ2n) is 6.61. The lowest BCUT2D eigenvalue weighted by atomic mass is 10.2. The first-order valence-corrected chi connectivity index (χ1v) is 10.5. The first kappa shape index (κ1) is 20.2. The zero-order valence-electron chi connectivity index (χ0n) is 16.0. The van der Waals surface area contributed by atoms with Gasteiger partial charge in [-0.15, -0.1) is 0 Å². The molecule has 7 nitrogen and oxygen atoms in total. The van der Waals surface area contributed by atoms with E-state index in [9.17, 15) is 13.2 Å². The van der Waals surface area contributed by atoms with Crippen molar-refractivity contribution in [3.05, 3.63) is 48.0 Å². The molecule has 1 heterocycles. The van der Waals surface area contributed by atoms with Crippen LogP contribution >= 0.6 is 0 Å². The molecular weight excluding hydrogens is 380 g/mol. The first-order valence-electron chi connectivity index (χ1n) is 9.07. The highest BCUT2D eigenvalue weighted by Crippen LogP contribution is 2.26. The summed E-state index contributed by atoms with van der Waals surface area (Å²) in [4.78, 5) is 12.4. The topological polar surface area (TPSA) is 84.9 Å². The molecule has 1 aliphatic rings. The van der Waals surface area contributed by atoms with Gasteiger partial charge in [0.2, 0.25) is 10.0 Å². The van der Waals surface area contributed by atoms with Crippen LogP contribution in [0.15, 0.2) is 47.4 Å². The molecule has 0 atom stereocenters. The van der Waals surface area contributed by atoms with E-state index in [2.05, 4.69) is 5.32 Å². The molecule has 0 spiro atoms. The van der Waals surface area contributed by atoms with Crippen molar-refractivity contribution >= 4 is 21.6 Å². The van der Waals surface area contributed by atoms with Gasteiger partial charge in [0, 0.05) is 24.8 Å². The van der Waals surface area contributed by atoms with Gasteiger partial charge in [-0.2, -0.15) is 4.31 Å². The van der Waals surface area contributed by atoms with Crippen molar-refractivity contribution in [2.75, 3.05) is 32.1 Å². The summed E-state index contributed by atoms with van der Waals surface area (Å²) in [5, 5.41) is 2.73. The van der Waals surface area contributed by atoms with Crippen LogP contribution in [0.2, 0.25) is 0 Å². The average Bonchev–Trinajstić information content (AvgIpc) is 3.23. The maximum atomic E-state index is 12.6. The Balaban J connectivity index is 1.62. The molecule has 0 aliphatic carbocycles. The third kappa shape index (κ3) is 4.63. The van der Waals surface area contributed by atoms with Gasteiger partial charge >= 0.3 is 0 Å². The Hall–Kier alpha value is -2.58. The Kier molecular flexibility index (Phi) is 6.21. The summed E-state index contributed by atoms with van der Waals surface area (Å²) in [5.74, 6) is 0.798. The van der Waals surface area contributed by atoms with Crippen molar-refractivity contribution in [2.24, 2.45) is 0 Å². The Bertz CT molecular complexity index is 953. The van der Waals surface area contributed by atoms with E-state index < -0.39 is 10.0 Å². The van der Waals surface area contributed by atoms with E-state index in [0.29, 0.717) is 35.8 Å². The molecule has 2 aromatic carbocycles. The number of rotatable bonds is 7. The maximum absolute atomic E-state index is 12.6. The van der Waals surface area contributed by atoms with Gasteiger partial charge in [-0.05, 0) is 55.7 Å². The number of methoxy groups -OCH3 is 1. The fourth-order valence-corrected chi connectivity index (χ4v) is 4.67. The molecule has 28 heavy (non-hydrogen) atoms. The predicted molar refractivity (Wildman–Crippen MR) is 106 cm³/mol. The van der Waals surface area contributed by atoms with Crippen molar-refractivity contribution in [3.63, 3.8) is 0 Å². The zero-order valence-corrected chi connectivity index (χ0v) is 16.8. The highest BCUT2D eigenvalue weighted by molar-refractivity contribution is 7.89. The minimum Gasteiger partial charge on any atom is -0.497 e. The lowest BCUT2D eigenvalue weighted by Gasteiger charge is -2.17. The van der Waals surface area contributed by atoms with Crippen LogP contribution in [-0.2, 0) is 14.8 Å². The lowest BCUT2D eigenvalue weighted by Crippen LogP contribution is -2.27. The van der Waals surface area contributed by atoms with Crippen molar-refractivity contribution in [1.82, 2.24) is 4.31 Å². The van der Waals surface area contributed by atoms with E-state index in [-0.39, 0.29) is 17.4 Å². The van der Waals surface area contributed by atoms with Crippen molar-refractivity contribution in [3.8, 4) is 11.5 Å². The molecule has 3 rings (SSSR count). The molecule has 1 saturated heterocycles. The molecule has 150 valence electrons. The number of nitrogens with zero attached hydrogens (tertiary/aromatic N) is 1. The second kappa shape index (κ2) is 8.62. The number of benzene rings is 2. The predicted octanol–water partition coefficient (Wildman–Crippen LogP) is 2.81. The van der Waals surface area contributed by atoms with Crippen LogP contribution in [0.1, 0.15) is 18.4 Å². The van der Waals surface area contributed by atoms with E-state index in [1.807, 2.05) is 0 Å². The van der Waals surface area contributed by atoms with E-state index >= 15 is 0 Å². The molecule has 0 aromatic heterocycles. The molecule has 2 aromatic rings. The van der Waals surface area contributed by atoms with Crippen LogP contribution in [-0.4, -0.2) is 45.4 Å². The molecule has 1 N–H and O–H groups in total. The summed E-state index contributed by atoms with van der Waals surface area (Å²) in [7, 11) is -1.91. The fraction of sp³-hybridized carbons (Fsp3) is 0.350. The molecule has 0 radical (unpaired) electrons. The van der Waals surface area contributed by atoms with Crippen LogP contribution in [0.25, 0.3) is 0 Å². The number of anilines is 1. The van der Waals surface area contributed by atoms with Gasteiger partial charge in [-0.1, -0.05) is 6.07 Å². The SMILES string of the molecule is COc1cccc(NC(=O)COc2ccc(S(=O)(=O)N3CCCC3)cc2C)c1. The Labute approximate surface area is 165 Å². The number of hydrogen-bond acceptors (Lipinski definition) is 5. The number of sulfonamides is 1. The highest BCUT2D eigenvalue weighted by Gasteiger charge is 2.27. The first-order chi connectivity index (χ1) is 13.4. The average molecular weight is 404 g/mol. The van der Waals surface area contributed by atoms with E-state index in [4.69, 9.17) is 9.47 Å². The summed E-state index contributed by atoms with van der Waals surface area (Å²) >= 11 is 0. The number of hydrogen-bond donors (Lipinski definition) is 1. The molecule has 0 unspecified atom stereocenters. The number of aryl methyl sites for hydroxylation is 1. The maximum Gasteiger partial charge on any atom is 0.262 e. The molecule has 8 heteroatoms. The normalized spacial score (nSPS) is 14.6. The van der Waals surface area contributed by atoms with Crippen molar-refractivity contribution in [1.29, 1.82) is 0 Å². The number of carbonyl (C=O) groups excluding carboxylic acids is 1. The van der Waals surface area contributed by atoms with Crippen LogP contribution in [0, 0.1) is 6.92 Å². The molecule has 0 saturated carbocycles. The monoisotopic (exact) mass is 404 g/mol. The van der Waals surface area contributed by atoms with E-state index in [0.717, 1.165) is 12.8 Å². The highest BCUT2D eigenvalue weighted by atomic mass is 32.2. The number of nitrogens with one attached hydrogen (secondary N) is 1. The third-order valence-corrected chi connectivity index (χ3v) is 6.46. The summed E-state index contributed by atoms with van der Waals surface area (Å²) in [5.41, 5.74) is 1.27. The van der Waals surface area contributed by atoms with Crippen LogP contribution < -0.4 is 14.8 Å². The van der Waals surface area contributed by atoms with Gasteiger partial charge in [-0.25, -0.2) is 8.42 Å². The van der Waals surface area contributed by atoms with Gasteiger partial charge in [0.25, 0.3) is 5.91 Å². The molecule has 0 bridgehead atoms. The second-order valence-corrected chi connectivity index (χ2v) is 8.55. The zero-order chi connectivity index (χ0) is 20.1. The minimum atomic E-state index is -3.47. The lowest BCUT2D eigenvalue weighted by molar-refractivity contribution is -0.118.